The van der Waals surface area contributed by atoms with E-state index in [1.165, 1.54) is 0 Å². The second-order valence-electron chi connectivity index (χ2n) is 5.04. The standard InChI is InChI=1S/C17H17ClN4O/c1-13-11-14(18)6-7-16(13)21-17(23)22(10-4-8-19)12-15-5-2-3-9-20-15/h2-3,5-7,9,11H,4,10,12H2,1H3,(H,21,23). The molecule has 0 aliphatic heterocycles. The first-order chi connectivity index (χ1) is 11.1. The van der Waals surface area contributed by atoms with Gasteiger partial charge in [0.15, 0.2) is 0 Å². The Bertz CT molecular complexity index is 712. The number of nitrogens with zero attached hydrogens (tertiary/aromatic N) is 3. The zero-order valence-electron chi connectivity index (χ0n) is 12.8. The number of aryl methyl sites for hydroxylation is 1. The van der Waals surface area contributed by atoms with E-state index in [0.29, 0.717) is 23.8 Å². The molecule has 2 aromatic rings. The minimum atomic E-state index is -0.267. The van der Waals surface area contributed by atoms with Gasteiger partial charge in [0.25, 0.3) is 0 Å². The lowest BCUT2D eigenvalue weighted by Gasteiger charge is -2.22. The summed E-state index contributed by atoms with van der Waals surface area (Å²) in [6.07, 6.45) is 1.94. The summed E-state index contributed by atoms with van der Waals surface area (Å²) in [5.41, 5.74) is 2.35. The number of carbonyl (C=O) groups excluding carboxylic acids is 1. The van der Waals surface area contributed by atoms with Gasteiger partial charge in [-0.15, -0.1) is 0 Å². The number of amides is 2. The lowest BCUT2D eigenvalue weighted by Crippen LogP contribution is -2.35. The summed E-state index contributed by atoms with van der Waals surface area (Å²) in [6.45, 7) is 2.56. The molecule has 0 radical (unpaired) electrons. The second kappa shape index (κ2) is 8.16. The predicted molar refractivity (Wildman–Crippen MR) is 90.1 cm³/mol. The average molecular weight is 329 g/mol. The zero-order valence-corrected chi connectivity index (χ0v) is 13.5. The SMILES string of the molecule is Cc1cc(Cl)ccc1NC(=O)N(CCC#N)Cc1ccccn1. The van der Waals surface area contributed by atoms with Crippen molar-refractivity contribution in [3.8, 4) is 6.07 Å². The Kier molecular flexibility index (Phi) is 5.95. The van der Waals surface area contributed by atoms with Gasteiger partial charge >= 0.3 is 6.03 Å². The number of carbonyl (C=O) groups is 1. The summed E-state index contributed by atoms with van der Waals surface area (Å²) in [5.74, 6) is 0. The van der Waals surface area contributed by atoms with Crippen molar-refractivity contribution in [2.24, 2.45) is 0 Å². The molecule has 0 aliphatic carbocycles. The van der Waals surface area contributed by atoms with Crippen LogP contribution in [0.15, 0.2) is 42.6 Å². The normalized spacial score (nSPS) is 9.96. The molecule has 2 amide bonds. The van der Waals surface area contributed by atoms with Gasteiger partial charge in [0.05, 0.1) is 24.7 Å². The first kappa shape index (κ1) is 16.8. The molecule has 0 saturated carbocycles. The van der Waals surface area contributed by atoms with Crippen molar-refractivity contribution >= 4 is 23.3 Å². The van der Waals surface area contributed by atoms with E-state index in [1.54, 1.807) is 29.3 Å². The molecule has 0 saturated heterocycles. The van der Waals surface area contributed by atoms with Crippen LogP contribution in [0.3, 0.4) is 0 Å². The number of nitriles is 1. The molecule has 0 spiro atoms. The average Bonchev–Trinajstić information content (AvgIpc) is 2.55. The molecular weight excluding hydrogens is 312 g/mol. The molecule has 5 nitrogen and oxygen atoms in total. The third-order valence-corrected chi connectivity index (χ3v) is 3.52. The molecule has 0 unspecified atom stereocenters. The molecule has 23 heavy (non-hydrogen) atoms. The maximum absolute atomic E-state index is 12.5. The lowest BCUT2D eigenvalue weighted by molar-refractivity contribution is 0.209. The highest BCUT2D eigenvalue weighted by Gasteiger charge is 2.15. The fourth-order valence-electron chi connectivity index (χ4n) is 2.09. The van der Waals surface area contributed by atoms with Gasteiger partial charge in [-0.3, -0.25) is 4.98 Å². The number of aromatic nitrogens is 1. The third-order valence-electron chi connectivity index (χ3n) is 3.29. The monoisotopic (exact) mass is 328 g/mol. The molecular formula is C17H17ClN4O. The van der Waals surface area contributed by atoms with Crippen LogP contribution in [0.2, 0.25) is 5.02 Å². The highest BCUT2D eigenvalue weighted by atomic mass is 35.5. The van der Waals surface area contributed by atoms with Crippen LogP contribution in [0.4, 0.5) is 10.5 Å². The molecule has 6 heteroatoms. The second-order valence-corrected chi connectivity index (χ2v) is 5.48. The number of nitrogens with one attached hydrogen (secondary N) is 1. The van der Waals surface area contributed by atoms with E-state index >= 15 is 0 Å². The number of benzene rings is 1. The number of halogens is 1. The van der Waals surface area contributed by atoms with Crippen molar-refractivity contribution in [1.29, 1.82) is 5.26 Å². The summed E-state index contributed by atoms with van der Waals surface area (Å²) < 4.78 is 0. The molecule has 1 heterocycles. The smallest absolute Gasteiger partial charge is 0.318 e. The van der Waals surface area contributed by atoms with E-state index in [4.69, 9.17) is 16.9 Å². The zero-order chi connectivity index (χ0) is 16.7. The van der Waals surface area contributed by atoms with E-state index in [9.17, 15) is 4.79 Å². The third kappa shape index (κ3) is 4.97. The van der Waals surface area contributed by atoms with E-state index < -0.39 is 0 Å². The Morgan fingerprint density at radius 1 is 1.39 bits per heavy atom. The van der Waals surface area contributed by atoms with Crippen LogP contribution in [0.1, 0.15) is 17.7 Å². The molecule has 2 rings (SSSR count). The van der Waals surface area contributed by atoms with Crippen LogP contribution in [-0.4, -0.2) is 22.5 Å². The van der Waals surface area contributed by atoms with E-state index in [-0.39, 0.29) is 12.5 Å². The van der Waals surface area contributed by atoms with Crippen LogP contribution in [-0.2, 0) is 6.54 Å². The van der Waals surface area contributed by atoms with Crippen LogP contribution < -0.4 is 5.32 Å². The minimum Gasteiger partial charge on any atom is -0.318 e. The summed E-state index contributed by atoms with van der Waals surface area (Å²) in [4.78, 5) is 18.3. The highest BCUT2D eigenvalue weighted by molar-refractivity contribution is 6.30. The molecule has 1 aromatic heterocycles. The van der Waals surface area contributed by atoms with Crippen molar-refractivity contribution in [2.45, 2.75) is 19.9 Å². The molecule has 0 fully saturated rings. The fraction of sp³-hybridized carbons (Fsp3) is 0.235. The molecule has 0 bridgehead atoms. The van der Waals surface area contributed by atoms with Gasteiger partial charge in [-0.1, -0.05) is 17.7 Å². The first-order valence-electron chi connectivity index (χ1n) is 7.19. The van der Waals surface area contributed by atoms with Gasteiger partial charge < -0.3 is 10.2 Å². The van der Waals surface area contributed by atoms with Crippen molar-refractivity contribution in [3.05, 3.63) is 58.9 Å². The molecule has 0 atom stereocenters. The van der Waals surface area contributed by atoms with Crippen LogP contribution in [0, 0.1) is 18.3 Å². The van der Waals surface area contributed by atoms with E-state index in [2.05, 4.69) is 16.4 Å². The van der Waals surface area contributed by atoms with E-state index in [0.717, 1.165) is 11.3 Å². The largest absolute Gasteiger partial charge is 0.322 e. The number of rotatable bonds is 5. The van der Waals surface area contributed by atoms with Gasteiger partial charge in [-0.25, -0.2) is 4.79 Å². The Labute approximate surface area is 140 Å². The van der Waals surface area contributed by atoms with Crippen LogP contribution in [0.25, 0.3) is 0 Å². The van der Waals surface area contributed by atoms with Crippen LogP contribution >= 0.6 is 11.6 Å². The fourth-order valence-corrected chi connectivity index (χ4v) is 2.31. The quantitative estimate of drug-likeness (QED) is 0.902. The number of pyridine rings is 1. The molecule has 1 N–H and O–H groups in total. The Balaban J connectivity index is 2.11. The molecule has 1 aromatic carbocycles. The Hall–Kier alpha value is -2.58. The molecule has 0 aliphatic rings. The van der Waals surface area contributed by atoms with Gasteiger partial charge in [0.1, 0.15) is 0 Å². The maximum atomic E-state index is 12.5. The van der Waals surface area contributed by atoms with Crippen molar-refractivity contribution in [3.63, 3.8) is 0 Å². The maximum Gasteiger partial charge on any atom is 0.322 e. The van der Waals surface area contributed by atoms with Crippen molar-refractivity contribution in [1.82, 2.24) is 9.88 Å². The molecule has 118 valence electrons. The predicted octanol–water partition coefficient (Wildman–Crippen LogP) is 3.99. The van der Waals surface area contributed by atoms with Crippen molar-refractivity contribution < 1.29 is 4.79 Å². The first-order valence-corrected chi connectivity index (χ1v) is 7.57. The van der Waals surface area contributed by atoms with Crippen LogP contribution in [0.5, 0.6) is 0 Å². The summed E-state index contributed by atoms with van der Waals surface area (Å²) >= 11 is 5.92. The summed E-state index contributed by atoms with van der Waals surface area (Å²) in [6, 6.07) is 12.6. The summed E-state index contributed by atoms with van der Waals surface area (Å²) in [5, 5.41) is 12.3. The van der Waals surface area contributed by atoms with Crippen molar-refractivity contribution in [2.75, 3.05) is 11.9 Å². The van der Waals surface area contributed by atoms with E-state index in [1.807, 2.05) is 25.1 Å². The Morgan fingerprint density at radius 2 is 2.22 bits per heavy atom. The lowest BCUT2D eigenvalue weighted by atomic mass is 10.2. The van der Waals surface area contributed by atoms with Gasteiger partial charge in [0, 0.05) is 23.5 Å². The number of anilines is 1. The number of hydrogen-bond donors (Lipinski definition) is 1. The number of hydrogen-bond acceptors (Lipinski definition) is 3. The highest BCUT2D eigenvalue weighted by Crippen LogP contribution is 2.20. The number of urea groups is 1. The topological polar surface area (TPSA) is 69.0 Å². The minimum absolute atomic E-state index is 0.264. The Morgan fingerprint density at radius 3 is 2.87 bits per heavy atom. The van der Waals surface area contributed by atoms with Gasteiger partial charge in [0.2, 0.25) is 0 Å². The van der Waals surface area contributed by atoms with Gasteiger partial charge in [-0.2, -0.15) is 5.26 Å². The summed E-state index contributed by atoms with van der Waals surface area (Å²) in [7, 11) is 0. The van der Waals surface area contributed by atoms with Gasteiger partial charge in [-0.05, 0) is 42.8 Å².